The number of nitrogens with two attached hydrogens (primary N) is 2. The van der Waals surface area contributed by atoms with E-state index in [1.54, 1.807) is 0 Å². The van der Waals surface area contributed by atoms with Crippen LogP contribution in [0.15, 0.2) is 40.9 Å². The largest absolute Gasteiger partial charge is 0.369 e. The van der Waals surface area contributed by atoms with Crippen LogP contribution in [-0.2, 0) is 15.0 Å². The molecule has 2 aliphatic carbocycles. The summed E-state index contributed by atoms with van der Waals surface area (Å²) < 4.78 is 0.846. The van der Waals surface area contributed by atoms with Gasteiger partial charge in [-0.25, -0.2) is 0 Å². The number of fused-ring (bicyclic) bond motifs is 2. The van der Waals surface area contributed by atoms with Crippen LogP contribution in [0, 0.1) is 17.3 Å². The zero-order valence-corrected chi connectivity index (χ0v) is 13.3. The summed E-state index contributed by atoms with van der Waals surface area (Å²) >= 11 is 3.42. The van der Waals surface area contributed by atoms with E-state index in [0.717, 1.165) is 16.5 Å². The number of carbonyl (C=O) groups is 2. The Labute approximate surface area is 131 Å². The van der Waals surface area contributed by atoms with E-state index >= 15 is 0 Å². The molecule has 5 heteroatoms. The lowest BCUT2D eigenvalue weighted by atomic mass is 9.57. The molecule has 0 spiro atoms. The van der Waals surface area contributed by atoms with E-state index in [1.807, 2.05) is 43.3 Å². The van der Waals surface area contributed by atoms with E-state index in [-0.39, 0.29) is 5.92 Å². The Morgan fingerprint density at radius 3 is 2.62 bits per heavy atom. The van der Waals surface area contributed by atoms with Gasteiger partial charge in [0.25, 0.3) is 0 Å². The molecule has 2 bridgehead atoms. The van der Waals surface area contributed by atoms with Crippen LogP contribution >= 0.6 is 15.9 Å². The van der Waals surface area contributed by atoms with Crippen molar-refractivity contribution in [3.63, 3.8) is 0 Å². The van der Waals surface area contributed by atoms with Gasteiger partial charge in [-0.15, -0.1) is 0 Å². The first-order valence-electron chi connectivity index (χ1n) is 6.87. The molecule has 1 saturated carbocycles. The van der Waals surface area contributed by atoms with Crippen LogP contribution in [0.5, 0.6) is 0 Å². The van der Waals surface area contributed by atoms with Gasteiger partial charge in [0.15, 0.2) is 0 Å². The molecule has 0 aromatic heterocycles. The standard InChI is InChI=1S/C16H17BrN2O2/c1-15-6-5-9(8-15)12(13(18)20)16(15,14(19)21)10-3-2-4-11(17)7-10/h2-7,9,12H,8H2,1H3,(H2,18,20)(H2,19,21). The second kappa shape index (κ2) is 4.44. The highest BCUT2D eigenvalue weighted by atomic mass is 79.9. The predicted octanol–water partition coefficient (Wildman–Crippen LogP) is 1.87. The summed E-state index contributed by atoms with van der Waals surface area (Å²) in [6.07, 6.45) is 4.73. The Morgan fingerprint density at radius 1 is 1.33 bits per heavy atom. The third-order valence-corrected chi connectivity index (χ3v) is 5.63. The summed E-state index contributed by atoms with van der Waals surface area (Å²) in [5.74, 6) is -1.58. The highest BCUT2D eigenvalue weighted by Crippen LogP contribution is 2.64. The van der Waals surface area contributed by atoms with Crippen molar-refractivity contribution in [2.75, 3.05) is 0 Å². The van der Waals surface area contributed by atoms with Gasteiger partial charge in [-0.2, -0.15) is 0 Å². The van der Waals surface area contributed by atoms with Gasteiger partial charge >= 0.3 is 0 Å². The van der Waals surface area contributed by atoms with Gasteiger partial charge in [-0.3, -0.25) is 9.59 Å². The summed E-state index contributed by atoms with van der Waals surface area (Å²) in [7, 11) is 0. The first-order valence-corrected chi connectivity index (χ1v) is 7.67. The second-order valence-corrected chi connectivity index (χ2v) is 7.12. The first kappa shape index (κ1) is 14.3. The highest BCUT2D eigenvalue weighted by molar-refractivity contribution is 9.10. The lowest BCUT2D eigenvalue weighted by Crippen LogP contribution is -2.57. The van der Waals surface area contributed by atoms with Crippen LogP contribution in [0.25, 0.3) is 0 Å². The van der Waals surface area contributed by atoms with Gasteiger partial charge in [0, 0.05) is 9.89 Å². The van der Waals surface area contributed by atoms with Crippen molar-refractivity contribution in [1.29, 1.82) is 0 Å². The number of rotatable bonds is 3. The van der Waals surface area contributed by atoms with Gasteiger partial charge in [-0.05, 0) is 30.0 Å². The van der Waals surface area contributed by atoms with Crippen LogP contribution in [0.2, 0.25) is 0 Å². The molecular formula is C16H17BrN2O2. The third kappa shape index (κ3) is 1.67. The van der Waals surface area contributed by atoms with Crippen molar-refractivity contribution >= 4 is 27.7 Å². The summed E-state index contributed by atoms with van der Waals surface area (Å²) in [5.41, 5.74) is 10.6. The lowest BCUT2D eigenvalue weighted by molar-refractivity contribution is -0.136. The van der Waals surface area contributed by atoms with Crippen LogP contribution in [0.1, 0.15) is 18.9 Å². The third-order valence-electron chi connectivity index (χ3n) is 5.14. The Morgan fingerprint density at radius 2 is 2.05 bits per heavy atom. The zero-order valence-electron chi connectivity index (χ0n) is 11.7. The van der Waals surface area contributed by atoms with E-state index in [4.69, 9.17) is 11.5 Å². The van der Waals surface area contributed by atoms with Gasteiger partial charge < -0.3 is 11.5 Å². The number of amides is 2. The molecule has 4 N–H and O–H groups in total. The molecule has 0 saturated heterocycles. The topological polar surface area (TPSA) is 86.2 Å². The minimum Gasteiger partial charge on any atom is -0.369 e. The minimum atomic E-state index is -1.08. The number of carbonyl (C=O) groups excluding carboxylic acids is 2. The molecule has 4 atom stereocenters. The molecule has 2 aliphatic rings. The average Bonchev–Trinajstić information content (AvgIpc) is 2.89. The van der Waals surface area contributed by atoms with Crippen LogP contribution in [0.3, 0.4) is 0 Å². The summed E-state index contributed by atoms with van der Waals surface area (Å²) in [6.45, 7) is 1.98. The molecule has 4 nitrogen and oxygen atoms in total. The molecule has 0 aliphatic heterocycles. The maximum Gasteiger partial charge on any atom is 0.229 e. The van der Waals surface area contributed by atoms with Gasteiger partial charge in [0.1, 0.15) is 0 Å². The molecule has 4 unspecified atom stereocenters. The van der Waals surface area contributed by atoms with Gasteiger partial charge in [0.05, 0.1) is 11.3 Å². The quantitative estimate of drug-likeness (QED) is 0.817. The molecular weight excluding hydrogens is 332 g/mol. The number of hydrogen-bond donors (Lipinski definition) is 2. The summed E-state index contributed by atoms with van der Waals surface area (Å²) in [6, 6.07) is 7.44. The lowest BCUT2D eigenvalue weighted by Gasteiger charge is -2.44. The molecule has 0 radical (unpaired) electrons. The SMILES string of the molecule is CC12C=CC(C1)C(C(N)=O)C2(C(N)=O)c1cccc(Br)c1. The molecule has 0 heterocycles. The predicted molar refractivity (Wildman–Crippen MR) is 83.1 cm³/mol. The van der Waals surface area contributed by atoms with Crippen molar-refractivity contribution in [1.82, 2.24) is 0 Å². The molecule has 21 heavy (non-hydrogen) atoms. The van der Waals surface area contributed by atoms with E-state index in [9.17, 15) is 9.59 Å². The number of primary amides is 2. The Bertz CT molecular complexity index is 672. The number of hydrogen-bond acceptors (Lipinski definition) is 2. The van der Waals surface area contributed by atoms with Crippen LogP contribution < -0.4 is 11.5 Å². The maximum atomic E-state index is 12.5. The molecule has 1 aromatic carbocycles. The zero-order chi connectivity index (χ0) is 15.4. The molecule has 110 valence electrons. The number of allylic oxidation sites excluding steroid dienone is 2. The molecule has 1 aromatic rings. The first-order chi connectivity index (χ1) is 9.83. The fraction of sp³-hybridized carbons (Fsp3) is 0.375. The Kier molecular flexibility index (Phi) is 3.03. The number of halogens is 1. The normalized spacial score (nSPS) is 36.9. The van der Waals surface area contributed by atoms with Crippen LogP contribution in [-0.4, -0.2) is 11.8 Å². The maximum absolute atomic E-state index is 12.5. The number of benzene rings is 1. The van der Waals surface area contributed by atoms with Crippen molar-refractivity contribution < 1.29 is 9.59 Å². The smallest absolute Gasteiger partial charge is 0.229 e. The van der Waals surface area contributed by atoms with Gasteiger partial charge in [0.2, 0.25) is 11.8 Å². The Balaban J connectivity index is 2.32. The fourth-order valence-corrected chi connectivity index (χ4v) is 4.80. The fourth-order valence-electron chi connectivity index (χ4n) is 4.40. The van der Waals surface area contributed by atoms with Crippen molar-refractivity contribution in [2.24, 2.45) is 28.7 Å². The van der Waals surface area contributed by atoms with Crippen molar-refractivity contribution in [3.8, 4) is 0 Å². The average molecular weight is 349 g/mol. The van der Waals surface area contributed by atoms with Crippen molar-refractivity contribution in [3.05, 3.63) is 46.5 Å². The van der Waals surface area contributed by atoms with E-state index in [2.05, 4.69) is 15.9 Å². The monoisotopic (exact) mass is 348 g/mol. The van der Waals surface area contributed by atoms with Crippen molar-refractivity contribution in [2.45, 2.75) is 18.8 Å². The molecule has 2 amide bonds. The Hall–Kier alpha value is -1.62. The molecule has 1 fully saturated rings. The highest BCUT2D eigenvalue weighted by Gasteiger charge is 2.68. The van der Waals surface area contributed by atoms with E-state index in [1.165, 1.54) is 0 Å². The summed E-state index contributed by atoms with van der Waals surface area (Å²) in [5, 5.41) is 0. The van der Waals surface area contributed by atoms with E-state index < -0.39 is 28.6 Å². The minimum absolute atomic E-state index is 0.0287. The second-order valence-electron chi connectivity index (χ2n) is 6.21. The summed E-state index contributed by atoms with van der Waals surface area (Å²) in [4.78, 5) is 24.6. The van der Waals surface area contributed by atoms with Crippen LogP contribution in [0.4, 0.5) is 0 Å². The van der Waals surface area contributed by atoms with Gasteiger partial charge in [-0.1, -0.05) is 47.1 Å². The molecule has 3 rings (SSSR count). The van der Waals surface area contributed by atoms with E-state index in [0.29, 0.717) is 0 Å².